The molecule has 0 bridgehead atoms. The summed E-state index contributed by atoms with van der Waals surface area (Å²) in [4.78, 5) is 12.8. The van der Waals surface area contributed by atoms with Crippen molar-refractivity contribution in [2.75, 3.05) is 20.8 Å². The SMILES string of the molecule is CCCCOc1c(OC)cc(C(=O)NN=C2CCCC2=Cc2ccccc2)cc1OC. The van der Waals surface area contributed by atoms with Crippen LogP contribution in [0.2, 0.25) is 0 Å². The Balaban J connectivity index is 1.77. The van der Waals surface area contributed by atoms with Gasteiger partial charge in [0.2, 0.25) is 5.75 Å². The minimum absolute atomic E-state index is 0.324. The first-order valence-corrected chi connectivity index (χ1v) is 10.7. The van der Waals surface area contributed by atoms with Crippen LogP contribution >= 0.6 is 0 Å². The molecule has 0 atom stereocenters. The van der Waals surface area contributed by atoms with E-state index in [1.807, 2.05) is 18.2 Å². The monoisotopic (exact) mass is 422 g/mol. The summed E-state index contributed by atoms with van der Waals surface area (Å²) in [6, 6.07) is 13.4. The zero-order chi connectivity index (χ0) is 22.1. The lowest BCUT2D eigenvalue weighted by atomic mass is 10.1. The third-order valence-electron chi connectivity index (χ3n) is 5.13. The largest absolute Gasteiger partial charge is 0.493 e. The van der Waals surface area contributed by atoms with Gasteiger partial charge in [-0.3, -0.25) is 4.79 Å². The molecular weight excluding hydrogens is 392 g/mol. The molecule has 0 radical (unpaired) electrons. The summed E-state index contributed by atoms with van der Waals surface area (Å²) in [5.74, 6) is 1.10. The molecule has 31 heavy (non-hydrogen) atoms. The molecule has 0 spiro atoms. The van der Waals surface area contributed by atoms with Gasteiger partial charge in [0.05, 0.1) is 26.5 Å². The van der Waals surface area contributed by atoms with Gasteiger partial charge in [0, 0.05) is 5.56 Å². The first kappa shape index (κ1) is 22.4. The molecule has 0 heterocycles. The summed E-state index contributed by atoms with van der Waals surface area (Å²) in [6.07, 6.45) is 6.90. The molecule has 0 aromatic heterocycles. The van der Waals surface area contributed by atoms with E-state index >= 15 is 0 Å². The summed E-state index contributed by atoms with van der Waals surface area (Å²) >= 11 is 0. The predicted octanol–water partition coefficient (Wildman–Crippen LogP) is 5.24. The fraction of sp³-hybridized carbons (Fsp3) is 0.360. The molecule has 2 aromatic rings. The maximum atomic E-state index is 12.8. The Hall–Kier alpha value is -3.28. The van der Waals surface area contributed by atoms with Crippen molar-refractivity contribution in [2.24, 2.45) is 5.10 Å². The molecule has 0 saturated heterocycles. The van der Waals surface area contributed by atoms with Gasteiger partial charge in [-0.2, -0.15) is 5.10 Å². The number of carbonyl (C=O) groups excluding carboxylic acids is 1. The van der Waals surface area contributed by atoms with Crippen LogP contribution in [0.3, 0.4) is 0 Å². The molecule has 1 fully saturated rings. The molecule has 1 aliphatic carbocycles. The molecular formula is C25H30N2O4. The van der Waals surface area contributed by atoms with E-state index < -0.39 is 0 Å². The number of carbonyl (C=O) groups is 1. The van der Waals surface area contributed by atoms with Crippen LogP contribution in [0, 0.1) is 0 Å². The Morgan fingerprint density at radius 3 is 2.45 bits per heavy atom. The van der Waals surface area contributed by atoms with Gasteiger partial charge in [-0.1, -0.05) is 43.7 Å². The highest BCUT2D eigenvalue weighted by atomic mass is 16.5. The van der Waals surface area contributed by atoms with Crippen LogP contribution in [0.15, 0.2) is 53.1 Å². The van der Waals surface area contributed by atoms with Crippen LogP contribution in [0.25, 0.3) is 6.08 Å². The van der Waals surface area contributed by atoms with Crippen molar-refractivity contribution in [3.8, 4) is 17.2 Å². The van der Waals surface area contributed by atoms with Gasteiger partial charge in [-0.05, 0) is 55.0 Å². The smallest absolute Gasteiger partial charge is 0.271 e. The van der Waals surface area contributed by atoms with Gasteiger partial charge in [0.25, 0.3) is 5.91 Å². The Bertz CT molecular complexity index is 926. The summed E-state index contributed by atoms with van der Waals surface area (Å²) in [6.45, 7) is 2.65. The van der Waals surface area contributed by atoms with E-state index in [-0.39, 0.29) is 5.91 Å². The van der Waals surface area contributed by atoms with Crippen molar-refractivity contribution >= 4 is 17.7 Å². The van der Waals surface area contributed by atoms with Crippen molar-refractivity contribution in [1.29, 1.82) is 0 Å². The predicted molar refractivity (Wildman–Crippen MR) is 123 cm³/mol. The van der Waals surface area contributed by atoms with Gasteiger partial charge >= 0.3 is 0 Å². The highest BCUT2D eigenvalue weighted by Crippen LogP contribution is 2.38. The third-order valence-corrected chi connectivity index (χ3v) is 5.13. The second-order valence-electron chi connectivity index (χ2n) is 7.35. The fourth-order valence-corrected chi connectivity index (χ4v) is 3.44. The lowest BCUT2D eigenvalue weighted by molar-refractivity contribution is 0.0954. The first-order chi connectivity index (χ1) is 15.2. The van der Waals surface area contributed by atoms with Crippen molar-refractivity contribution in [2.45, 2.75) is 39.0 Å². The number of allylic oxidation sites excluding steroid dienone is 1. The average Bonchev–Trinajstić information content (AvgIpc) is 3.24. The second kappa shape index (κ2) is 11.2. The maximum absolute atomic E-state index is 12.8. The fourth-order valence-electron chi connectivity index (χ4n) is 3.44. The van der Waals surface area contributed by atoms with E-state index in [2.05, 4.69) is 35.7 Å². The van der Waals surface area contributed by atoms with Gasteiger partial charge in [0.1, 0.15) is 0 Å². The zero-order valence-electron chi connectivity index (χ0n) is 18.4. The van der Waals surface area contributed by atoms with E-state index in [4.69, 9.17) is 14.2 Å². The molecule has 6 nitrogen and oxygen atoms in total. The molecule has 1 aliphatic rings. The van der Waals surface area contributed by atoms with Gasteiger partial charge in [0.15, 0.2) is 11.5 Å². The van der Waals surface area contributed by atoms with Crippen LogP contribution in [-0.4, -0.2) is 32.4 Å². The van der Waals surface area contributed by atoms with Crippen LogP contribution in [0.4, 0.5) is 0 Å². The van der Waals surface area contributed by atoms with Gasteiger partial charge < -0.3 is 14.2 Å². The number of unbranched alkanes of at least 4 members (excludes halogenated alkanes) is 1. The summed E-state index contributed by atoms with van der Waals surface area (Å²) in [5.41, 5.74) is 6.28. The molecule has 0 unspecified atom stereocenters. The molecule has 1 amide bonds. The Morgan fingerprint density at radius 2 is 1.81 bits per heavy atom. The number of hydrogen-bond donors (Lipinski definition) is 1. The molecule has 3 rings (SSSR count). The van der Waals surface area contributed by atoms with Crippen LogP contribution < -0.4 is 19.6 Å². The van der Waals surface area contributed by atoms with Crippen molar-refractivity contribution in [3.05, 3.63) is 59.2 Å². The maximum Gasteiger partial charge on any atom is 0.271 e. The zero-order valence-corrected chi connectivity index (χ0v) is 18.4. The number of hydrazone groups is 1. The van der Waals surface area contributed by atoms with E-state index in [0.717, 1.165) is 49.0 Å². The summed E-state index contributed by atoms with van der Waals surface area (Å²) in [7, 11) is 3.09. The highest BCUT2D eigenvalue weighted by Gasteiger charge is 2.19. The Kier molecular flexibility index (Phi) is 8.10. The number of methoxy groups -OCH3 is 2. The molecule has 2 aromatic carbocycles. The lowest BCUT2D eigenvalue weighted by Gasteiger charge is -2.15. The number of nitrogens with zero attached hydrogens (tertiary/aromatic N) is 1. The van der Waals surface area contributed by atoms with Crippen molar-refractivity contribution in [3.63, 3.8) is 0 Å². The number of benzene rings is 2. The molecule has 1 N–H and O–H groups in total. The van der Waals surface area contributed by atoms with E-state index in [1.54, 1.807) is 26.4 Å². The molecule has 164 valence electrons. The summed E-state index contributed by atoms with van der Waals surface area (Å²) in [5, 5.41) is 4.41. The average molecular weight is 423 g/mol. The van der Waals surface area contributed by atoms with E-state index in [1.165, 1.54) is 0 Å². The number of nitrogens with one attached hydrogen (secondary N) is 1. The van der Waals surface area contributed by atoms with Crippen molar-refractivity contribution < 1.29 is 19.0 Å². The van der Waals surface area contributed by atoms with E-state index in [0.29, 0.717) is 29.4 Å². The molecule has 1 saturated carbocycles. The normalized spacial score (nSPS) is 15.8. The minimum atomic E-state index is -0.324. The first-order valence-electron chi connectivity index (χ1n) is 10.7. The number of rotatable bonds is 9. The van der Waals surface area contributed by atoms with Crippen LogP contribution in [0.1, 0.15) is 54.9 Å². The standard InChI is InChI=1S/C25H30N2O4/c1-4-5-14-31-24-22(29-2)16-20(17-23(24)30-3)25(28)27-26-21-13-9-12-19(21)15-18-10-7-6-8-11-18/h6-8,10-11,15-17H,4-5,9,12-14H2,1-3H3,(H,27,28). The topological polar surface area (TPSA) is 69.2 Å². The van der Waals surface area contributed by atoms with Crippen LogP contribution in [-0.2, 0) is 0 Å². The third kappa shape index (κ3) is 5.87. The molecule has 6 heteroatoms. The summed E-state index contributed by atoms with van der Waals surface area (Å²) < 4.78 is 16.7. The van der Waals surface area contributed by atoms with Crippen molar-refractivity contribution in [1.82, 2.24) is 5.43 Å². The Morgan fingerprint density at radius 1 is 1.10 bits per heavy atom. The lowest BCUT2D eigenvalue weighted by Crippen LogP contribution is -2.19. The quantitative estimate of drug-likeness (QED) is 0.443. The Labute approximate surface area is 183 Å². The number of ether oxygens (including phenoxy) is 3. The van der Waals surface area contributed by atoms with E-state index in [9.17, 15) is 4.79 Å². The number of amides is 1. The molecule has 0 aliphatic heterocycles. The number of hydrogen-bond acceptors (Lipinski definition) is 5. The highest BCUT2D eigenvalue weighted by molar-refractivity contribution is 6.06. The second-order valence-corrected chi connectivity index (χ2v) is 7.35. The van der Waals surface area contributed by atoms with Gasteiger partial charge in [-0.15, -0.1) is 0 Å². The van der Waals surface area contributed by atoms with Gasteiger partial charge in [-0.25, -0.2) is 5.43 Å². The van der Waals surface area contributed by atoms with Crippen LogP contribution in [0.5, 0.6) is 17.2 Å². The minimum Gasteiger partial charge on any atom is -0.493 e.